The van der Waals surface area contributed by atoms with E-state index in [4.69, 9.17) is 0 Å². The maximum Gasteiger partial charge on any atom is 0.228 e. The van der Waals surface area contributed by atoms with Crippen LogP contribution in [-0.2, 0) is 14.8 Å². The molecule has 0 aliphatic carbocycles. The molecular formula is C15H22N2O3S. The molecule has 0 bridgehead atoms. The van der Waals surface area contributed by atoms with E-state index >= 15 is 0 Å². The van der Waals surface area contributed by atoms with Crippen LogP contribution < -0.4 is 9.62 Å². The molecule has 1 heterocycles. The number of hydrogen-bond donors (Lipinski definition) is 1. The zero-order valence-corrected chi connectivity index (χ0v) is 13.5. The summed E-state index contributed by atoms with van der Waals surface area (Å²) in [5.41, 5.74) is 3.13. The Morgan fingerprint density at radius 1 is 1.29 bits per heavy atom. The van der Waals surface area contributed by atoms with Crippen molar-refractivity contribution in [3.63, 3.8) is 0 Å². The van der Waals surface area contributed by atoms with Gasteiger partial charge in [-0.1, -0.05) is 13.0 Å². The van der Waals surface area contributed by atoms with Crippen molar-refractivity contribution in [3.05, 3.63) is 29.3 Å². The number of benzene rings is 1. The summed E-state index contributed by atoms with van der Waals surface area (Å²) in [5.74, 6) is 0.0591. The van der Waals surface area contributed by atoms with Crippen molar-refractivity contribution in [2.75, 3.05) is 17.2 Å². The highest BCUT2D eigenvalue weighted by Gasteiger charge is 2.32. The van der Waals surface area contributed by atoms with Crippen LogP contribution in [0.4, 0.5) is 5.69 Å². The fourth-order valence-electron chi connectivity index (χ4n) is 2.51. The van der Waals surface area contributed by atoms with Crippen molar-refractivity contribution >= 4 is 21.6 Å². The number of hydrogen-bond acceptors (Lipinski definition) is 3. The lowest BCUT2D eigenvalue weighted by atomic mass is 10.1. The van der Waals surface area contributed by atoms with Gasteiger partial charge in [0.2, 0.25) is 15.9 Å². The smallest absolute Gasteiger partial charge is 0.228 e. The normalized spacial score (nSPS) is 19.3. The molecule has 1 aliphatic rings. The molecule has 1 atom stereocenters. The van der Waals surface area contributed by atoms with Gasteiger partial charge >= 0.3 is 0 Å². The fraction of sp³-hybridized carbons (Fsp3) is 0.533. The zero-order chi connectivity index (χ0) is 15.6. The predicted octanol–water partition coefficient (Wildman–Crippen LogP) is 1.74. The fourth-order valence-corrected chi connectivity index (χ4v) is 3.83. The van der Waals surface area contributed by atoms with Crippen LogP contribution in [-0.4, -0.2) is 32.7 Å². The van der Waals surface area contributed by atoms with Gasteiger partial charge in [-0.25, -0.2) is 13.1 Å². The Hall–Kier alpha value is -1.40. The number of nitrogens with zero attached hydrogens (tertiary/aromatic N) is 1. The summed E-state index contributed by atoms with van der Waals surface area (Å²) < 4.78 is 26.2. The van der Waals surface area contributed by atoms with Crippen LogP contribution in [0.2, 0.25) is 0 Å². The highest BCUT2D eigenvalue weighted by atomic mass is 32.2. The van der Waals surface area contributed by atoms with Crippen molar-refractivity contribution in [2.45, 2.75) is 39.7 Å². The van der Waals surface area contributed by atoms with E-state index in [9.17, 15) is 13.2 Å². The first-order valence-electron chi connectivity index (χ1n) is 7.20. The van der Waals surface area contributed by atoms with Crippen LogP contribution in [0, 0.1) is 13.8 Å². The Labute approximate surface area is 126 Å². The van der Waals surface area contributed by atoms with E-state index < -0.39 is 10.0 Å². The van der Waals surface area contributed by atoms with Crippen molar-refractivity contribution in [1.82, 2.24) is 4.72 Å². The van der Waals surface area contributed by atoms with E-state index in [-0.39, 0.29) is 24.1 Å². The summed E-state index contributed by atoms with van der Waals surface area (Å²) in [6, 6.07) is 5.52. The summed E-state index contributed by atoms with van der Waals surface area (Å²) in [6.45, 7) is 6.23. The molecule has 1 amide bonds. The van der Waals surface area contributed by atoms with Crippen LogP contribution >= 0.6 is 0 Å². The lowest BCUT2D eigenvalue weighted by Gasteiger charge is -2.18. The molecule has 1 unspecified atom stereocenters. The van der Waals surface area contributed by atoms with Gasteiger partial charge in [0.05, 0.1) is 5.75 Å². The van der Waals surface area contributed by atoms with Gasteiger partial charge in [-0.3, -0.25) is 4.79 Å². The third-order valence-electron chi connectivity index (χ3n) is 3.75. The van der Waals surface area contributed by atoms with E-state index in [0.717, 1.165) is 11.3 Å². The molecule has 5 nitrogen and oxygen atoms in total. The van der Waals surface area contributed by atoms with Crippen LogP contribution in [0.15, 0.2) is 18.2 Å². The molecule has 0 spiro atoms. The molecule has 0 aromatic heterocycles. The number of nitrogens with one attached hydrogen (secondary N) is 1. The Bertz CT molecular complexity index is 640. The number of carbonyl (C=O) groups is 1. The lowest BCUT2D eigenvalue weighted by Crippen LogP contribution is -2.38. The number of anilines is 1. The van der Waals surface area contributed by atoms with Crippen LogP contribution in [0.1, 0.15) is 30.9 Å². The van der Waals surface area contributed by atoms with Crippen LogP contribution in [0.5, 0.6) is 0 Å². The minimum atomic E-state index is -3.29. The van der Waals surface area contributed by atoms with Crippen molar-refractivity contribution in [2.24, 2.45) is 0 Å². The highest BCUT2D eigenvalue weighted by Crippen LogP contribution is 2.24. The molecule has 1 N–H and O–H groups in total. The minimum absolute atomic E-state index is 0.0394. The van der Waals surface area contributed by atoms with Crippen LogP contribution in [0.3, 0.4) is 0 Å². The quantitative estimate of drug-likeness (QED) is 0.901. The second-order valence-electron chi connectivity index (χ2n) is 5.61. The van der Waals surface area contributed by atoms with Crippen LogP contribution in [0.25, 0.3) is 0 Å². The van der Waals surface area contributed by atoms with E-state index in [1.807, 2.05) is 39.0 Å². The third kappa shape index (κ3) is 3.83. The second-order valence-corrected chi connectivity index (χ2v) is 7.48. The largest absolute Gasteiger partial charge is 0.311 e. The first kappa shape index (κ1) is 16.0. The molecule has 1 saturated heterocycles. The molecule has 1 aromatic rings. The van der Waals surface area contributed by atoms with Crippen molar-refractivity contribution in [3.8, 4) is 0 Å². The monoisotopic (exact) mass is 310 g/mol. The van der Waals surface area contributed by atoms with Crippen molar-refractivity contribution in [1.29, 1.82) is 0 Å². The molecule has 1 aliphatic heterocycles. The Morgan fingerprint density at radius 2 is 2.00 bits per heavy atom. The number of sulfonamides is 1. The van der Waals surface area contributed by atoms with Gasteiger partial charge in [0.25, 0.3) is 0 Å². The van der Waals surface area contributed by atoms with Gasteiger partial charge in [0, 0.05) is 24.7 Å². The maximum absolute atomic E-state index is 12.1. The summed E-state index contributed by atoms with van der Waals surface area (Å²) in [6.07, 6.45) is 0.784. The molecule has 1 fully saturated rings. The summed E-state index contributed by atoms with van der Waals surface area (Å²) >= 11 is 0. The van der Waals surface area contributed by atoms with Gasteiger partial charge in [-0.05, 0) is 43.5 Å². The zero-order valence-electron chi connectivity index (χ0n) is 12.7. The SMILES string of the molecule is CCCS(=O)(=O)NC1CC(=O)N(c2ccc(C)c(C)c2)C1. The summed E-state index contributed by atoms with van der Waals surface area (Å²) in [5, 5.41) is 0. The van der Waals surface area contributed by atoms with E-state index in [0.29, 0.717) is 13.0 Å². The second kappa shape index (κ2) is 6.15. The molecule has 6 heteroatoms. The number of aryl methyl sites for hydroxylation is 2. The molecular weight excluding hydrogens is 288 g/mol. The first-order valence-corrected chi connectivity index (χ1v) is 8.85. The standard InChI is InChI=1S/C15H22N2O3S/c1-4-7-21(19,20)16-13-9-15(18)17(10-13)14-6-5-11(2)12(3)8-14/h5-6,8,13,16H,4,7,9-10H2,1-3H3. The number of rotatable bonds is 5. The maximum atomic E-state index is 12.1. The van der Waals surface area contributed by atoms with Gasteiger partial charge in [0.1, 0.15) is 0 Å². The summed E-state index contributed by atoms with van der Waals surface area (Å²) in [7, 11) is -3.29. The number of carbonyl (C=O) groups excluding carboxylic acids is 1. The van der Waals surface area contributed by atoms with E-state index in [2.05, 4.69) is 4.72 Å². The van der Waals surface area contributed by atoms with Crippen molar-refractivity contribution < 1.29 is 13.2 Å². The Kier molecular flexibility index (Phi) is 4.68. The molecule has 21 heavy (non-hydrogen) atoms. The first-order chi connectivity index (χ1) is 9.82. The predicted molar refractivity (Wildman–Crippen MR) is 83.9 cm³/mol. The number of amides is 1. The average molecular weight is 310 g/mol. The molecule has 2 rings (SSSR count). The Morgan fingerprint density at radius 3 is 2.62 bits per heavy atom. The third-order valence-corrected chi connectivity index (χ3v) is 5.38. The topological polar surface area (TPSA) is 66.5 Å². The van der Waals surface area contributed by atoms with Gasteiger partial charge in [-0.15, -0.1) is 0 Å². The van der Waals surface area contributed by atoms with Gasteiger partial charge < -0.3 is 4.90 Å². The molecule has 0 radical (unpaired) electrons. The van der Waals surface area contributed by atoms with Gasteiger partial charge in [-0.2, -0.15) is 0 Å². The highest BCUT2D eigenvalue weighted by molar-refractivity contribution is 7.89. The van der Waals surface area contributed by atoms with E-state index in [1.54, 1.807) is 4.90 Å². The Balaban J connectivity index is 2.11. The summed E-state index contributed by atoms with van der Waals surface area (Å²) in [4.78, 5) is 13.8. The molecule has 0 saturated carbocycles. The molecule has 116 valence electrons. The van der Waals surface area contributed by atoms with Gasteiger partial charge in [0.15, 0.2) is 0 Å². The van der Waals surface area contributed by atoms with E-state index in [1.165, 1.54) is 5.56 Å². The minimum Gasteiger partial charge on any atom is -0.311 e. The average Bonchev–Trinajstić information content (AvgIpc) is 2.72. The lowest BCUT2D eigenvalue weighted by molar-refractivity contribution is -0.117. The molecule has 1 aromatic carbocycles.